The molecule has 1 aliphatic heterocycles. The Hall–Kier alpha value is -1.28. The number of fused-ring (bicyclic) bond motifs is 1. The Morgan fingerprint density at radius 1 is 1.29 bits per heavy atom. The van der Waals surface area contributed by atoms with Gasteiger partial charge in [0.05, 0.1) is 29.2 Å². The van der Waals surface area contributed by atoms with Crippen LogP contribution in [0.1, 0.15) is 13.8 Å². The lowest BCUT2D eigenvalue weighted by Crippen LogP contribution is -2.20. The van der Waals surface area contributed by atoms with Crippen molar-refractivity contribution in [2.24, 2.45) is 0 Å². The Balaban J connectivity index is 2.27. The van der Waals surface area contributed by atoms with Crippen LogP contribution in [0.3, 0.4) is 0 Å². The van der Waals surface area contributed by atoms with Crippen molar-refractivity contribution in [2.45, 2.75) is 24.9 Å². The maximum absolute atomic E-state index is 12.7. The number of alkyl halides is 3. The van der Waals surface area contributed by atoms with Crippen LogP contribution < -0.4 is 10.6 Å². The lowest BCUT2D eigenvalue weighted by molar-refractivity contribution is -0.165. The van der Waals surface area contributed by atoms with Crippen LogP contribution in [0.2, 0.25) is 0 Å². The summed E-state index contributed by atoms with van der Waals surface area (Å²) in [6, 6.07) is 4.62. The van der Waals surface area contributed by atoms with Crippen molar-refractivity contribution in [3.8, 4) is 0 Å². The molecule has 0 bridgehead atoms. The van der Waals surface area contributed by atoms with Crippen molar-refractivity contribution in [1.82, 2.24) is 0 Å². The van der Waals surface area contributed by atoms with Crippen molar-refractivity contribution in [3.05, 3.63) is 29.3 Å². The minimum atomic E-state index is -4.92. The van der Waals surface area contributed by atoms with Gasteiger partial charge in [0.25, 0.3) is 5.78 Å². The van der Waals surface area contributed by atoms with Gasteiger partial charge in [0.15, 0.2) is 0 Å². The quantitative estimate of drug-likeness (QED) is 0.592. The second-order valence-corrected chi connectivity index (χ2v) is 7.72. The van der Waals surface area contributed by atoms with Crippen molar-refractivity contribution >= 4 is 36.1 Å². The molecule has 1 heterocycles. The molecule has 0 fully saturated rings. The van der Waals surface area contributed by atoms with Crippen LogP contribution in [0.5, 0.6) is 0 Å². The monoisotopic (exact) mass is 381 g/mol. The summed E-state index contributed by atoms with van der Waals surface area (Å²) in [6.07, 6.45) is -4.43. The fraction of sp³-hybridized carbons (Fsp3) is 0.357. The summed E-state index contributed by atoms with van der Waals surface area (Å²) in [7, 11) is -3.49. The lowest BCUT2D eigenvalue weighted by atomic mass is 10.3. The molecule has 0 amide bonds. The van der Waals surface area contributed by atoms with Gasteiger partial charge in [-0.1, -0.05) is 11.8 Å². The van der Waals surface area contributed by atoms with E-state index < -0.39 is 19.6 Å². The maximum atomic E-state index is 12.7. The molecule has 1 N–H and O–H groups in total. The van der Waals surface area contributed by atoms with E-state index in [9.17, 15) is 22.5 Å². The van der Waals surface area contributed by atoms with Crippen LogP contribution >= 0.6 is 19.4 Å². The number of halogens is 3. The van der Waals surface area contributed by atoms with E-state index in [0.29, 0.717) is 22.0 Å². The summed E-state index contributed by atoms with van der Waals surface area (Å²) >= 11 is 0.984. The van der Waals surface area contributed by atoms with Gasteiger partial charge in [-0.3, -0.25) is 9.36 Å². The van der Waals surface area contributed by atoms with Gasteiger partial charge in [-0.15, -0.1) is 0 Å². The zero-order chi connectivity index (χ0) is 18.0. The molecule has 1 aromatic carbocycles. The Kier molecular flexibility index (Phi) is 5.80. The molecule has 0 unspecified atom stereocenters. The highest BCUT2D eigenvalue weighted by Gasteiger charge is 2.37. The molecular weight excluding hydrogens is 366 g/mol. The minimum absolute atomic E-state index is 0.0483. The number of thioether (sulfide) groups is 1. The zero-order valence-corrected chi connectivity index (χ0v) is 14.6. The molecule has 0 aromatic heterocycles. The van der Waals surface area contributed by atoms with Crippen LogP contribution in [-0.4, -0.2) is 25.2 Å². The number of carbonyl (C=O) groups is 1. The van der Waals surface area contributed by atoms with Crippen LogP contribution in [0.25, 0.3) is 0 Å². The third-order valence-electron chi connectivity index (χ3n) is 2.90. The molecule has 24 heavy (non-hydrogen) atoms. The summed E-state index contributed by atoms with van der Waals surface area (Å²) in [5.74, 6) is -1.94. The molecule has 1 aromatic rings. The van der Waals surface area contributed by atoms with Crippen molar-refractivity contribution in [3.63, 3.8) is 0 Å². The Morgan fingerprint density at radius 3 is 2.46 bits per heavy atom. The van der Waals surface area contributed by atoms with Gasteiger partial charge in [0, 0.05) is 11.0 Å². The predicted octanol–water partition coefficient (Wildman–Crippen LogP) is 4.07. The molecule has 0 saturated carbocycles. The van der Waals surface area contributed by atoms with E-state index in [4.69, 9.17) is 9.05 Å². The zero-order valence-electron chi connectivity index (χ0n) is 12.8. The van der Waals surface area contributed by atoms with Crippen molar-refractivity contribution in [1.29, 1.82) is 0 Å². The van der Waals surface area contributed by atoms with E-state index in [1.165, 1.54) is 12.1 Å². The molecule has 0 atom stereocenters. The number of nitrogens with one attached hydrogen (secondary N) is 1. The van der Waals surface area contributed by atoms with Crippen LogP contribution in [-0.2, 0) is 18.4 Å². The Morgan fingerprint density at radius 2 is 1.92 bits per heavy atom. The number of carbonyl (C=O) groups excluding carboxylic acids is 1. The largest absolute Gasteiger partial charge is 0.454 e. The van der Waals surface area contributed by atoms with Crippen LogP contribution in [0.4, 0.5) is 18.9 Å². The normalized spacial score (nSPS) is 16.1. The third-order valence-corrected chi connectivity index (χ3v) is 6.02. The number of anilines is 1. The number of ketones is 1. The molecule has 0 spiro atoms. The molecule has 5 nitrogen and oxygen atoms in total. The highest BCUT2D eigenvalue weighted by Crippen LogP contribution is 2.49. The van der Waals surface area contributed by atoms with E-state index in [-0.39, 0.29) is 18.2 Å². The highest BCUT2D eigenvalue weighted by molar-refractivity contribution is 8.03. The molecule has 0 radical (unpaired) electrons. The van der Waals surface area contributed by atoms with Gasteiger partial charge >= 0.3 is 13.8 Å². The molecule has 1 aliphatic rings. The third kappa shape index (κ3) is 4.22. The first-order valence-electron chi connectivity index (χ1n) is 7.01. The molecular formula is C14H15F3NO4PS. The van der Waals surface area contributed by atoms with E-state index in [1.54, 1.807) is 19.9 Å². The summed E-state index contributed by atoms with van der Waals surface area (Å²) in [4.78, 5) is 11.6. The van der Waals surface area contributed by atoms with Gasteiger partial charge in [-0.2, -0.15) is 13.2 Å². The van der Waals surface area contributed by atoms with E-state index >= 15 is 0 Å². The van der Waals surface area contributed by atoms with Gasteiger partial charge in [0.1, 0.15) is 0 Å². The molecule has 2 rings (SSSR count). The molecule has 0 aliphatic carbocycles. The highest BCUT2D eigenvalue weighted by atomic mass is 32.2. The van der Waals surface area contributed by atoms with Gasteiger partial charge < -0.3 is 14.4 Å². The SMILES string of the molecule is CCOP(=O)(OCC)c1ccc2c(c1)N/C(=C\C(=O)C(F)(F)F)S2. The minimum Gasteiger partial charge on any atom is -0.349 e. The average Bonchev–Trinajstić information content (AvgIpc) is 2.88. The standard InChI is InChI=1S/C14H15F3NO4PS/c1-3-21-23(20,22-4-2)9-5-6-11-10(7-9)18-13(24-11)8-12(19)14(15,16)17/h5-8,18H,3-4H2,1-2H3/b13-8+. The van der Waals surface area contributed by atoms with Crippen molar-refractivity contribution in [2.75, 3.05) is 18.5 Å². The fourth-order valence-electron chi connectivity index (χ4n) is 1.94. The number of hydrogen-bond donors (Lipinski definition) is 1. The number of rotatable bonds is 6. The predicted molar refractivity (Wildman–Crippen MR) is 85.6 cm³/mol. The number of allylic oxidation sites excluding steroid dienone is 1. The Labute approximate surface area is 141 Å². The van der Waals surface area contributed by atoms with Crippen molar-refractivity contribution < 1.29 is 31.6 Å². The number of benzene rings is 1. The number of hydrogen-bond acceptors (Lipinski definition) is 6. The van der Waals surface area contributed by atoms with E-state index in [2.05, 4.69) is 5.32 Å². The average molecular weight is 381 g/mol. The summed E-state index contributed by atoms with van der Waals surface area (Å²) in [6.45, 7) is 3.72. The van der Waals surface area contributed by atoms with Crippen LogP contribution in [0.15, 0.2) is 34.2 Å². The summed E-state index contributed by atoms with van der Waals surface area (Å²) < 4.78 is 60.1. The molecule has 132 valence electrons. The van der Waals surface area contributed by atoms with Crippen LogP contribution in [0, 0.1) is 0 Å². The topological polar surface area (TPSA) is 64.6 Å². The summed E-state index contributed by atoms with van der Waals surface area (Å²) in [5.41, 5.74) is 0.443. The van der Waals surface area contributed by atoms with Gasteiger partial charge in [-0.25, -0.2) is 0 Å². The van der Waals surface area contributed by atoms with Gasteiger partial charge in [-0.05, 0) is 32.0 Å². The first kappa shape index (κ1) is 19.1. The second-order valence-electron chi connectivity index (χ2n) is 4.61. The second kappa shape index (κ2) is 7.31. The first-order chi connectivity index (χ1) is 11.2. The lowest BCUT2D eigenvalue weighted by Gasteiger charge is -2.17. The fourth-order valence-corrected chi connectivity index (χ4v) is 4.46. The first-order valence-corrected chi connectivity index (χ1v) is 9.37. The van der Waals surface area contributed by atoms with E-state index in [1.807, 2.05) is 0 Å². The maximum Gasteiger partial charge on any atom is 0.454 e. The molecule has 0 saturated heterocycles. The van der Waals surface area contributed by atoms with E-state index in [0.717, 1.165) is 11.8 Å². The Bertz CT molecular complexity index is 710. The summed E-state index contributed by atoms with van der Waals surface area (Å²) in [5, 5.41) is 3.05. The molecule has 10 heteroatoms. The smallest absolute Gasteiger partial charge is 0.349 e. The van der Waals surface area contributed by atoms with Gasteiger partial charge in [0.2, 0.25) is 0 Å².